The maximum absolute atomic E-state index is 13.0. The summed E-state index contributed by atoms with van der Waals surface area (Å²) in [5.74, 6) is -1.28. The summed E-state index contributed by atoms with van der Waals surface area (Å²) in [6.07, 6.45) is 0.743. The third kappa shape index (κ3) is 4.25. The SMILES string of the molecule is Cc1ccc(C)c(C(O)=C2C(=O)C(=O)N(CCCN(C)C)[C@H]2c2ccccc2)c1. The molecule has 1 saturated heterocycles. The second-order valence-electron chi connectivity index (χ2n) is 7.88. The van der Waals surface area contributed by atoms with Crippen molar-refractivity contribution in [3.8, 4) is 0 Å². The van der Waals surface area contributed by atoms with Gasteiger partial charge in [0, 0.05) is 12.1 Å². The lowest BCUT2D eigenvalue weighted by molar-refractivity contribution is -0.139. The Labute approximate surface area is 172 Å². The van der Waals surface area contributed by atoms with Crippen molar-refractivity contribution < 1.29 is 14.7 Å². The van der Waals surface area contributed by atoms with Crippen LogP contribution in [0.1, 0.15) is 34.7 Å². The van der Waals surface area contributed by atoms with Crippen LogP contribution in [0.4, 0.5) is 0 Å². The van der Waals surface area contributed by atoms with Gasteiger partial charge in [0.25, 0.3) is 11.7 Å². The third-order valence-corrected chi connectivity index (χ3v) is 5.31. The molecular weight excluding hydrogens is 364 g/mol. The Morgan fingerprint density at radius 1 is 1.07 bits per heavy atom. The fourth-order valence-corrected chi connectivity index (χ4v) is 3.79. The van der Waals surface area contributed by atoms with Crippen LogP contribution in [0.25, 0.3) is 5.76 Å². The van der Waals surface area contributed by atoms with Gasteiger partial charge in [0.2, 0.25) is 0 Å². The molecule has 0 radical (unpaired) electrons. The molecular formula is C24H28N2O3. The number of rotatable bonds is 6. The summed E-state index contributed by atoms with van der Waals surface area (Å²) in [5, 5.41) is 11.1. The van der Waals surface area contributed by atoms with E-state index in [0.29, 0.717) is 12.1 Å². The van der Waals surface area contributed by atoms with Crippen LogP contribution in [0.2, 0.25) is 0 Å². The lowest BCUT2D eigenvalue weighted by Crippen LogP contribution is -2.32. The maximum atomic E-state index is 13.0. The number of aliphatic hydroxyl groups is 1. The van der Waals surface area contributed by atoms with Gasteiger partial charge in [-0.25, -0.2) is 0 Å². The van der Waals surface area contributed by atoms with Gasteiger partial charge >= 0.3 is 0 Å². The van der Waals surface area contributed by atoms with Crippen molar-refractivity contribution in [3.05, 3.63) is 76.4 Å². The molecule has 0 bridgehead atoms. The first-order valence-corrected chi connectivity index (χ1v) is 9.87. The van der Waals surface area contributed by atoms with Crippen LogP contribution in [0.3, 0.4) is 0 Å². The minimum absolute atomic E-state index is 0.103. The summed E-state index contributed by atoms with van der Waals surface area (Å²) in [5.41, 5.74) is 3.42. The summed E-state index contributed by atoms with van der Waals surface area (Å²) in [7, 11) is 3.95. The van der Waals surface area contributed by atoms with Crippen molar-refractivity contribution in [1.29, 1.82) is 0 Å². The topological polar surface area (TPSA) is 60.9 Å². The Hall–Kier alpha value is -2.92. The first-order chi connectivity index (χ1) is 13.8. The van der Waals surface area contributed by atoms with Crippen LogP contribution in [0, 0.1) is 13.8 Å². The summed E-state index contributed by atoms with van der Waals surface area (Å²) in [6, 6.07) is 14.6. The van der Waals surface area contributed by atoms with Gasteiger partial charge in [-0.1, -0.05) is 48.0 Å². The highest BCUT2D eigenvalue weighted by Gasteiger charge is 2.45. The molecule has 1 atom stereocenters. The molecule has 2 aromatic rings. The van der Waals surface area contributed by atoms with E-state index in [1.165, 1.54) is 0 Å². The number of nitrogens with zero attached hydrogens (tertiary/aromatic N) is 2. The van der Waals surface area contributed by atoms with Gasteiger partial charge in [-0.15, -0.1) is 0 Å². The van der Waals surface area contributed by atoms with E-state index in [1.54, 1.807) is 4.90 Å². The Bertz CT molecular complexity index is 948. The lowest BCUT2D eigenvalue weighted by Gasteiger charge is -2.26. The molecule has 0 unspecified atom stereocenters. The second-order valence-corrected chi connectivity index (χ2v) is 7.88. The van der Waals surface area contributed by atoms with Crippen molar-refractivity contribution in [2.75, 3.05) is 27.2 Å². The molecule has 2 aromatic carbocycles. The minimum Gasteiger partial charge on any atom is -0.507 e. The number of carbonyl (C=O) groups excluding carboxylic acids is 2. The monoisotopic (exact) mass is 392 g/mol. The molecule has 5 heteroatoms. The van der Waals surface area contributed by atoms with E-state index in [9.17, 15) is 14.7 Å². The van der Waals surface area contributed by atoms with Crippen LogP contribution in [-0.4, -0.2) is 53.8 Å². The number of hydrogen-bond acceptors (Lipinski definition) is 4. The molecule has 0 spiro atoms. The normalized spacial score (nSPS) is 18.7. The molecule has 0 aromatic heterocycles. The highest BCUT2D eigenvalue weighted by Crippen LogP contribution is 2.39. The summed E-state index contributed by atoms with van der Waals surface area (Å²) in [4.78, 5) is 29.5. The van der Waals surface area contributed by atoms with E-state index >= 15 is 0 Å². The molecule has 1 amide bonds. The number of likely N-dealkylation sites (tertiary alicyclic amines) is 1. The predicted octanol–water partition coefficient (Wildman–Crippen LogP) is 3.68. The lowest BCUT2D eigenvalue weighted by atomic mass is 9.93. The molecule has 1 aliphatic rings. The molecule has 5 nitrogen and oxygen atoms in total. The van der Waals surface area contributed by atoms with Crippen molar-refractivity contribution in [1.82, 2.24) is 9.80 Å². The fourth-order valence-electron chi connectivity index (χ4n) is 3.79. The molecule has 1 N–H and O–H groups in total. The van der Waals surface area contributed by atoms with E-state index in [1.807, 2.05) is 81.4 Å². The molecule has 152 valence electrons. The molecule has 1 heterocycles. The molecule has 0 saturated carbocycles. The zero-order valence-electron chi connectivity index (χ0n) is 17.5. The van der Waals surface area contributed by atoms with Gasteiger partial charge in [-0.05, 0) is 58.1 Å². The number of carbonyl (C=O) groups is 2. The van der Waals surface area contributed by atoms with Crippen LogP contribution < -0.4 is 0 Å². The number of ketones is 1. The van der Waals surface area contributed by atoms with Gasteiger partial charge in [0.15, 0.2) is 0 Å². The van der Waals surface area contributed by atoms with Crippen LogP contribution in [-0.2, 0) is 9.59 Å². The fraction of sp³-hybridized carbons (Fsp3) is 0.333. The van der Waals surface area contributed by atoms with E-state index in [-0.39, 0.29) is 11.3 Å². The highest BCUT2D eigenvalue weighted by atomic mass is 16.3. The Balaban J connectivity index is 2.12. The van der Waals surface area contributed by atoms with Gasteiger partial charge in [-0.2, -0.15) is 0 Å². The molecule has 1 aliphatic heterocycles. The Morgan fingerprint density at radius 3 is 2.41 bits per heavy atom. The summed E-state index contributed by atoms with van der Waals surface area (Å²) < 4.78 is 0. The molecule has 1 fully saturated rings. The average Bonchev–Trinajstić information content (AvgIpc) is 2.94. The number of Topliss-reactive ketones (excluding diaryl/α,β-unsaturated/α-hetero) is 1. The first kappa shape index (κ1) is 20.8. The number of aryl methyl sites for hydroxylation is 2. The molecule has 3 rings (SSSR count). The zero-order valence-corrected chi connectivity index (χ0v) is 17.5. The standard InChI is InChI=1S/C24H28N2O3/c1-16-11-12-17(2)19(15-16)22(27)20-21(18-9-6-5-7-10-18)26(24(29)23(20)28)14-8-13-25(3)4/h5-7,9-12,15,21,27H,8,13-14H2,1-4H3/t21-/m0/s1. The summed E-state index contributed by atoms with van der Waals surface area (Å²) in [6.45, 7) is 5.08. The summed E-state index contributed by atoms with van der Waals surface area (Å²) >= 11 is 0. The minimum atomic E-state index is -0.623. The van der Waals surface area contributed by atoms with Gasteiger partial charge in [0.05, 0.1) is 11.6 Å². The van der Waals surface area contributed by atoms with Crippen LogP contribution in [0.15, 0.2) is 54.1 Å². The van der Waals surface area contributed by atoms with E-state index in [0.717, 1.165) is 29.7 Å². The van der Waals surface area contributed by atoms with Crippen molar-refractivity contribution in [2.24, 2.45) is 0 Å². The van der Waals surface area contributed by atoms with Crippen molar-refractivity contribution in [3.63, 3.8) is 0 Å². The van der Waals surface area contributed by atoms with Gasteiger partial charge < -0.3 is 14.9 Å². The number of aliphatic hydroxyl groups excluding tert-OH is 1. The van der Waals surface area contributed by atoms with E-state index < -0.39 is 17.7 Å². The quantitative estimate of drug-likeness (QED) is 0.463. The van der Waals surface area contributed by atoms with Crippen molar-refractivity contribution in [2.45, 2.75) is 26.3 Å². The van der Waals surface area contributed by atoms with E-state index in [4.69, 9.17) is 0 Å². The largest absolute Gasteiger partial charge is 0.507 e. The number of benzene rings is 2. The number of hydrogen-bond donors (Lipinski definition) is 1. The second kappa shape index (κ2) is 8.62. The highest BCUT2D eigenvalue weighted by molar-refractivity contribution is 6.46. The van der Waals surface area contributed by atoms with Gasteiger partial charge in [0.1, 0.15) is 5.76 Å². The zero-order chi connectivity index (χ0) is 21.1. The molecule has 29 heavy (non-hydrogen) atoms. The Morgan fingerprint density at radius 2 is 1.76 bits per heavy atom. The molecule has 0 aliphatic carbocycles. The Kier molecular flexibility index (Phi) is 6.18. The maximum Gasteiger partial charge on any atom is 0.295 e. The third-order valence-electron chi connectivity index (χ3n) is 5.31. The van der Waals surface area contributed by atoms with Crippen LogP contribution >= 0.6 is 0 Å². The van der Waals surface area contributed by atoms with E-state index in [2.05, 4.69) is 0 Å². The average molecular weight is 392 g/mol. The smallest absolute Gasteiger partial charge is 0.295 e. The van der Waals surface area contributed by atoms with Gasteiger partial charge in [-0.3, -0.25) is 9.59 Å². The predicted molar refractivity (Wildman–Crippen MR) is 115 cm³/mol. The van der Waals surface area contributed by atoms with Crippen molar-refractivity contribution >= 4 is 17.4 Å². The van der Waals surface area contributed by atoms with Crippen LogP contribution in [0.5, 0.6) is 0 Å². The first-order valence-electron chi connectivity index (χ1n) is 9.87. The number of amides is 1.